The van der Waals surface area contributed by atoms with Crippen LogP contribution in [0.4, 0.5) is 0 Å². The smallest absolute Gasteiger partial charge is 0.337 e. The van der Waals surface area contributed by atoms with Gasteiger partial charge in [-0.05, 0) is 25.7 Å². The zero-order valence-corrected chi connectivity index (χ0v) is 20.2. The molecule has 0 radical (unpaired) electrons. The Morgan fingerprint density at radius 3 is 2.42 bits per heavy atom. The number of carbonyl (C=O) groups is 3. The molecule has 2 saturated carbocycles. The molecule has 188 valence electrons. The lowest BCUT2D eigenvalue weighted by molar-refractivity contribution is -0.206. The molecule has 1 saturated heterocycles. The maximum atomic E-state index is 13.2. The highest BCUT2D eigenvalue weighted by Gasteiger charge is 2.81. The average Bonchev–Trinajstić information content (AvgIpc) is 3.27. The minimum absolute atomic E-state index is 0.285. The summed E-state index contributed by atoms with van der Waals surface area (Å²) in [4.78, 5) is 38.2. The monoisotopic (exact) mass is 470 g/mol. The van der Waals surface area contributed by atoms with E-state index in [0.29, 0.717) is 12.8 Å². The van der Waals surface area contributed by atoms with Crippen molar-refractivity contribution in [2.75, 3.05) is 13.7 Å². The molecule has 2 aliphatic carbocycles. The molecule has 0 aromatic carbocycles. The first-order valence-electron chi connectivity index (χ1n) is 11.9. The van der Waals surface area contributed by atoms with Crippen LogP contribution in [0.25, 0.3) is 0 Å². The van der Waals surface area contributed by atoms with Crippen LogP contribution in [-0.2, 0) is 28.6 Å². The largest absolute Gasteiger partial charge is 0.467 e. The van der Waals surface area contributed by atoms with Gasteiger partial charge in [0, 0.05) is 11.3 Å². The van der Waals surface area contributed by atoms with Gasteiger partial charge >= 0.3 is 11.9 Å². The standard InChI is InChI=1S/C24H38O9/c1-6-7-8-9-10-14(25)20(29)33-19-16-13(11-22(19,2)3)17(27)24(18(28)21(30)31-5)23(16,4)15(26)12-32-24/h13-14,16-19,25,27-28H,6-12H2,1-5H3/t13-,14+,16-,17-,18+,19+,23-,24-/m0/s1. The molecule has 9 heteroatoms. The van der Waals surface area contributed by atoms with Crippen molar-refractivity contribution in [3.63, 3.8) is 0 Å². The summed E-state index contributed by atoms with van der Waals surface area (Å²) in [7, 11) is 1.11. The van der Waals surface area contributed by atoms with E-state index in [4.69, 9.17) is 9.47 Å². The van der Waals surface area contributed by atoms with Crippen LogP contribution in [0.1, 0.15) is 66.2 Å². The van der Waals surface area contributed by atoms with Gasteiger partial charge in [0.2, 0.25) is 0 Å². The van der Waals surface area contributed by atoms with Crippen LogP contribution in [0.15, 0.2) is 0 Å². The van der Waals surface area contributed by atoms with Crippen molar-refractivity contribution in [1.82, 2.24) is 0 Å². The number of ether oxygens (including phenoxy) is 3. The number of methoxy groups -OCH3 is 1. The fraction of sp³-hybridized carbons (Fsp3) is 0.875. The van der Waals surface area contributed by atoms with Crippen LogP contribution in [0.5, 0.6) is 0 Å². The minimum atomic E-state index is -1.90. The van der Waals surface area contributed by atoms with Gasteiger partial charge in [-0.15, -0.1) is 0 Å². The van der Waals surface area contributed by atoms with E-state index in [0.717, 1.165) is 26.4 Å². The molecule has 0 aromatic heterocycles. The molecule has 0 amide bonds. The summed E-state index contributed by atoms with van der Waals surface area (Å²) in [5.41, 5.74) is -4.00. The van der Waals surface area contributed by atoms with Gasteiger partial charge in [0.25, 0.3) is 0 Å². The van der Waals surface area contributed by atoms with Gasteiger partial charge in [-0.25, -0.2) is 9.59 Å². The average molecular weight is 471 g/mol. The molecule has 8 atom stereocenters. The molecule has 3 aliphatic rings. The molecule has 3 rings (SSSR count). The van der Waals surface area contributed by atoms with Crippen LogP contribution in [0.3, 0.4) is 0 Å². The molecule has 33 heavy (non-hydrogen) atoms. The van der Waals surface area contributed by atoms with E-state index in [9.17, 15) is 29.7 Å². The van der Waals surface area contributed by atoms with Gasteiger partial charge < -0.3 is 29.5 Å². The fourth-order valence-corrected chi connectivity index (χ4v) is 6.59. The maximum Gasteiger partial charge on any atom is 0.337 e. The van der Waals surface area contributed by atoms with Gasteiger partial charge in [-0.3, -0.25) is 4.79 Å². The zero-order valence-electron chi connectivity index (χ0n) is 20.2. The number of aliphatic hydroxyl groups excluding tert-OH is 3. The van der Waals surface area contributed by atoms with Crippen molar-refractivity contribution in [2.45, 2.75) is 96.2 Å². The number of carbonyl (C=O) groups excluding carboxylic acids is 3. The maximum absolute atomic E-state index is 13.2. The second-order valence-electron chi connectivity index (χ2n) is 10.7. The summed E-state index contributed by atoms with van der Waals surface area (Å²) in [5, 5.41) is 32.6. The highest BCUT2D eigenvalue weighted by Crippen LogP contribution is 2.68. The predicted octanol–water partition coefficient (Wildman–Crippen LogP) is 1.14. The van der Waals surface area contributed by atoms with Gasteiger partial charge in [0.05, 0.1) is 18.6 Å². The van der Waals surface area contributed by atoms with E-state index in [1.54, 1.807) is 6.92 Å². The lowest BCUT2D eigenvalue weighted by atomic mass is 9.64. The van der Waals surface area contributed by atoms with E-state index in [1.165, 1.54) is 0 Å². The van der Waals surface area contributed by atoms with Crippen molar-refractivity contribution < 1.29 is 43.9 Å². The topological polar surface area (TPSA) is 140 Å². The number of Topliss-reactive ketones (excluding diaryl/α,β-unsaturated/α-hetero) is 1. The number of hydrogen-bond donors (Lipinski definition) is 3. The van der Waals surface area contributed by atoms with Gasteiger partial charge in [0.15, 0.2) is 18.0 Å². The Morgan fingerprint density at radius 2 is 1.82 bits per heavy atom. The normalized spacial score (nSPS) is 38.5. The Hall–Kier alpha value is -1.55. The number of fused-ring (bicyclic) bond motifs is 3. The molecule has 0 bridgehead atoms. The fourth-order valence-electron chi connectivity index (χ4n) is 6.59. The van der Waals surface area contributed by atoms with Crippen LogP contribution in [0, 0.1) is 22.7 Å². The molecular formula is C24H38O9. The second kappa shape index (κ2) is 9.24. The van der Waals surface area contributed by atoms with Crippen molar-refractivity contribution in [2.24, 2.45) is 22.7 Å². The lowest BCUT2D eigenvalue weighted by Crippen LogP contribution is -2.63. The number of unbranched alkanes of at least 4 members (excludes halogenated alkanes) is 3. The van der Waals surface area contributed by atoms with E-state index in [1.807, 2.05) is 13.8 Å². The van der Waals surface area contributed by atoms with Crippen LogP contribution in [0.2, 0.25) is 0 Å². The lowest BCUT2D eigenvalue weighted by Gasteiger charge is -2.44. The Labute approximate surface area is 194 Å². The molecule has 0 spiro atoms. The summed E-state index contributed by atoms with van der Waals surface area (Å²) in [6.45, 7) is 7.01. The molecule has 9 nitrogen and oxygen atoms in total. The quantitative estimate of drug-likeness (QED) is 0.334. The number of hydrogen-bond acceptors (Lipinski definition) is 9. The third-order valence-corrected chi connectivity index (χ3v) is 8.34. The van der Waals surface area contributed by atoms with Crippen molar-refractivity contribution in [1.29, 1.82) is 0 Å². The second-order valence-corrected chi connectivity index (χ2v) is 10.7. The van der Waals surface area contributed by atoms with Crippen molar-refractivity contribution >= 4 is 17.7 Å². The predicted molar refractivity (Wildman–Crippen MR) is 116 cm³/mol. The highest BCUT2D eigenvalue weighted by atomic mass is 16.6. The number of ketones is 1. The summed E-state index contributed by atoms with van der Waals surface area (Å²) in [6, 6.07) is 0. The van der Waals surface area contributed by atoms with Crippen LogP contribution < -0.4 is 0 Å². The third-order valence-electron chi connectivity index (χ3n) is 8.34. The first kappa shape index (κ1) is 26.1. The molecule has 3 N–H and O–H groups in total. The molecule has 1 aliphatic heterocycles. The summed E-state index contributed by atoms with van der Waals surface area (Å²) >= 11 is 0. The van der Waals surface area contributed by atoms with Gasteiger partial charge in [0.1, 0.15) is 18.3 Å². The highest BCUT2D eigenvalue weighted by molar-refractivity contribution is 5.93. The number of aliphatic hydroxyl groups is 3. The Balaban J connectivity index is 1.91. The van der Waals surface area contributed by atoms with Gasteiger partial charge in [-0.2, -0.15) is 0 Å². The first-order chi connectivity index (χ1) is 15.4. The summed E-state index contributed by atoms with van der Waals surface area (Å²) in [6.07, 6.45) is -1.02. The minimum Gasteiger partial charge on any atom is -0.467 e. The van der Waals surface area contributed by atoms with Crippen molar-refractivity contribution in [3.05, 3.63) is 0 Å². The van der Waals surface area contributed by atoms with Crippen molar-refractivity contribution in [3.8, 4) is 0 Å². The first-order valence-corrected chi connectivity index (χ1v) is 11.9. The van der Waals surface area contributed by atoms with E-state index < -0.39 is 64.6 Å². The Morgan fingerprint density at radius 1 is 1.15 bits per heavy atom. The third kappa shape index (κ3) is 3.81. The number of rotatable bonds is 9. The number of esters is 2. The van der Waals surface area contributed by atoms with E-state index >= 15 is 0 Å². The molecule has 3 fully saturated rings. The molecule has 0 aromatic rings. The molecule has 0 unspecified atom stereocenters. The Kier molecular flexibility index (Phi) is 7.30. The molecule has 1 heterocycles. The summed E-state index contributed by atoms with van der Waals surface area (Å²) in [5.74, 6) is -3.41. The van der Waals surface area contributed by atoms with Gasteiger partial charge in [-0.1, -0.05) is 46.5 Å². The Bertz CT molecular complexity index is 780. The van der Waals surface area contributed by atoms with E-state index in [-0.39, 0.29) is 18.8 Å². The van der Waals surface area contributed by atoms with Crippen LogP contribution in [-0.4, -0.2) is 76.8 Å². The van der Waals surface area contributed by atoms with E-state index in [2.05, 4.69) is 11.7 Å². The zero-order chi connectivity index (χ0) is 24.8. The summed E-state index contributed by atoms with van der Waals surface area (Å²) < 4.78 is 16.2. The SMILES string of the molecule is CCCCCC[C@@H](O)C(=O)O[C@@H]1[C@@H]2[C@H](CC1(C)C)[C@H](O)[C@@]1([C@H](O)C(=O)OC)OCC(=O)[C@@]21C. The molecular weight excluding hydrogens is 432 g/mol. The van der Waals surface area contributed by atoms with Crippen LogP contribution >= 0.6 is 0 Å².